The smallest absolute Gasteiger partial charge is 0.412 e. The molecule has 0 saturated carbocycles. The molecule has 0 bridgehead atoms. The number of carboxylic acids is 1. The molecule has 32 heavy (non-hydrogen) atoms. The monoisotopic (exact) mass is 450 g/mol. The third kappa shape index (κ3) is 6.37. The summed E-state index contributed by atoms with van der Waals surface area (Å²) in [6.07, 6.45) is -1.06. The number of piperazine rings is 1. The van der Waals surface area contributed by atoms with Crippen LogP contribution in [0.25, 0.3) is 0 Å². The summed E-state index contributed by atoms with van der Waals surface area (Å²) < 4.78 is 38.7. The van der Waals surface area contributed by atoms with Crippen LogP contribution in [0, 0.1) is 5.41 Å². The van der Waals surface area contributed by atoms with E-state index in [1.54, 1.807) is 12.1 Å². The van der Waals surface area contributed by atoms with Crippen LogP contribution in [-0.4, -0.2) is 54.9 Å². The zero-order valence-electron chi connectivity index (χ0n) is 19.0. The van der Waals surface area contributed by atoms with Crippen molar-refractivity contribution in [1.29, 1.82) is 0 Å². The van der Waals surface area contributed by atoms with Crippen LogP contribution in [0.5, 0.6) is 0 Å². The van der Waals surface area contributed by atoms with Gasteiger partial charge < -0.3 is 10.0 Å². The third-order valence-electron chi connectivity index (χ3n) is 6.69. The molecule has 0 amide bonds. The minimum atomic E-state index is -4.32. The number of hydrogen-bond acceptors (Lipinski definition) is 3. The van der Waals surface area contributed by atoms with Gasteiger partial charge in [0, 0.05) is 44.0 Å². The molecule has 4 nitrogen and oxygen atoms in total. The zero-order valence-corrected chi connectivity index (χ0v) is 19.0. The number of alkyl halides is 3. The lowest BCUT2D eigenvalue weighted by Crippen LogP contribution is -2.47. The molecule has 3 rings (SSSR count). The maximum Gasteiger partial charge on any atom is 0.412 e. The SMILES string of the molecule is C=C(CCC1=C(CN2CCN(c3ccc(C(=O)O)cc3)CC2)CCC(C)(C)C1)C(F)(F)F. The van der Waals surface area contributed by atoms with Crippen LogP contribution in [0.1, 0.15) is 56.3 Å². The number of halogens is 3. The second-order valence-electron chi connectivity index (χ2n) is 9.76. The first kappa shape index (κ1) is 24.4. The summed E-state index contributed by atoms with van der Waals surface area (Å²) in [4.78, 5) is 15.7. The molecule has 0 radical (unpaired) electrons. The van der Waals surface area contributed by atoms with Crippen molar-refractivity contribution in [3.63, 3.8) is 0 Å². The van der Waals surface area contributed by atoms with Crippen molar-refractivity contribution in [3.05, 3.63) is 53.1 Å². The Kier molecular flexibility index (Phi) is 7.38. The van der Waals surface area contributed by atoms with Crippen LogP contribution in [0.2, 0.25) is 0 Å². The Morgan fingerprint density at radius 3 is 2.28 bits per heavy atom. The highest BCUT2D eigenvalue weighted by molar-refractivity contribution is 5.88. The molecule has 0 atom stereocenters. The van der Waals surface area contributed by atoms with Crippen molar-refractivity contribution in [2.45, 2.75) is 52.1 Å². The Labute approximate surface area is 188 Å². The number of carboxylic acid groups (broad SMARTS) is 1. The van der Waals surface area contributed by atoms with E-state index in [9.17, 15) is 18.0 Å². The molecule has 1 heterocycles. The lowest BCUT2D eigenvalue weighted by molar-refractivity contribution is -0.0935. The van der Waals surface area contributed by atoms with Crippen LogP contribution < -0.4 is 4.90 Å². The molecule has 0 aromatic heterocycles. The zero-order chi connectivity index (χ0) is 23.5. The summed E-state index contributed by atoms with van der Waals surface area (Å²) >= 11 is 0. The first-order valence-corrected chi connectivity index (χ1v) is 11.2. The molecule has 7 heteroatoms. The van der Waals surface area contributed by atoms with Gasteiger partial charge in [0.15, 0.2) is 0 Å². The van der Waals surface area contributed by atoms with Gasteiger partial charge in [-0.05, 0) is 61.8 Å². The van der Waals surface area contributed by atoms with E-state index in [0.29, 0.717) is 6.42 Å². The molecule has 1 aliphatic heterocycles. The largest absolute Gasteiger partial charge is 0.478 e. The topological polar surface area (TPSA) is 43.8 Å². The number of carbonyl (C=O) groups is 1. The fraction of sp³-hybridized carbons (Fsp3) is 0.560. The number of hydrogen-bond donors (Lipinski definition) is 1. The number of benzene rings is 1. The Morgan fingerprint density at radius 1 is 1.09 bits per heavy atom. The normalized spacial score (nSPS) is 19.8. The van der Waals surface area contributed by atoms with E-state index >= 15 is 0 Å². The Morgan fingerprint density at radius 2 is 1.72 bits per heavy atom. The second kappa shape index (κ2) is 9.69. The van der Waals surface area contributed by atoms with E-state index in [1.807, 2.05) is 12.1 Å². The van der Waals surface area contributed by atoms with Gasteiger partial charge in [-0.2, -0.15) is 13.2 Å². The predicted molar refractivity (Wildman–Crippen MR) is 121 cm³/mol. The first-order chi connectivity index (χ1) is 14.9. The minimum absolute atomic E-state index is 0.0292. The van der Waals surface area contributed by atoms with Crippen molar-refractivity contribution in [3.8, 4) is 0 Å². The summed E-state index contributed by atoms with van der Waals surface area (Å²) in [5, 5.41) is 9.05. The highest BCUT2D eigenvalue weighted by Gasteiger charge is 2.33. The summed E-state index contributed by atoms with van der Waals surface area (Å²) in [5.74, 6) is -0.931. The van der Waals surface area contributed by atoms with Crippen molar-refractivity contribution in [1.82, 2.24) is 4.90 Å². The molecule has 2 aliphatic rings. The van der Waals surface area contributed by atoms with E-state index in [-0.39, 0.29) is 17.4 Å². The van der Waals surface area contributed by atoms with Crippen molar-refractivity contribution < 1.29 is 23.1 Å². The fourth-order valence-electron chi connectivity index (χ4n) is 4.61. The van der Waals surface area contributed by atoms with Gasteiger partial charge in [-0.25, -0.2) is 4.79 Å². The van der Waals surface area contributed by atoms with Gasteiger partial charge in [0.05, 0.1) is 5.56 Å². The molecule has 1 aromatic rings. The molecular formula is C25H33F3N2O2. The predicted octanol–water partition coefficient (Wildman–Crippen LogP) is 5.91. The van der Waals surface area contributed by atoms with Crippen LogP contribution in [0.4, 0.5) is 18.9 Å². The third-order valence-corrected chi connectivity index (χ3v) is 6.69. The molecule has 1 saturated heterocycles. The number of nitrogens with zero attached hydrogens (tertiary/aromatic N) is 2. The average Bonchev–Trinajstić information content (AvgIpc) is 2.73. The lowest BCUT2D eigenvalue weighted by atomic mass is 9.73. The van der Waals surface area contributed by atoms with E-state index in [0.717, 1.165) is 57.7 Å². The molecule has 1 aliphatic carbocycles. The Hall–Kier alpha value is -2.28. The molecule has 176 valence electrons. The highest BCUT2D eigenvalue weighted by Crippen LogP contribution is 2.41. The number of anilines is 1. The minimum Gasteiger partial charge on any atom is -0.478 e. The highest BCUT2D eigenvalue weighted by atomic mass is 19.4. The van der Waals surface area contributed by atoms with Gasteiger partial charge in [-0.3, -0.25) is 4.90 Å². The molecule has 1 aromatic carbocycles. The van der Waals surface area contributed by atoms with Gasteiger partial charge in [0.25, 0.3) is 0 Å². The van der Waals surface area contributed by atoms with Crippen LogP contribution in [0.15, 0.2) is 47.6 Å². The van der Waals surface area contributed by atoms with E-state index < -0.39 is 17.7 Å². The van der Waals surface area contributed by atoms with E-state index in [2.05, 4.69) is 30.2 Å². The standard InChI is InChI=1S/C25H33F3N2O2/c1-18(25(26,27)28)4-5-20-16-24(2,3)11-10-21(20)17-29-12-14-30(15-13-29)22-8-6-19(7-9-22)23(31)32/h6-9H,1,4-5,10-17H2,2-3H3,(H,31,32). The maximum absolute atomic E-state index is 12.9. The molecule has 0 unspecified atom stereocenters. The number of allylic oxidation sites excluding steroid dienone is 2. The summed E-state index contributed by atoms with van der Waals surface area (Å²) in [5.41, 5.74) is 3.26. The average molecular weight is 451 g/mol. The summed E-state index contributed by atoms with van der Waals surface area (Å²) in [6.45, 7) is 11.9. The van der Waals surface area contributed by atoms with Gasteiger partial charge >= 0.3 is 12.1 Å². The van der Waals surface area contributed by atoms with Crippen molar-refractivity contribution in [2.75, 3.05) is 37.6 Å². The number of aromatic carboxylic acids is 1. The van der Waals surface area contributed by atoms with Crippen LogP contribution in [0.3, 0.4) is 0 Å². The van der Waals surface area contributed by atoms with E-state index in [1.165, 1.54) is 11.1 Å². The second-order valence-corrected chi connectivity index (χ2v) is 9.76. The van der Waals surface area contributed by atoms with E-state index in [4.69, 9.17) is 5.11 Å². The molecule has 1 N–H and O–H groups in total. The van der Waals surface area contributed by atoms with Crippen LogP contribution in [-0.2, 0) is 0 Å². The Balaban J connectivity index is 1.61. The van der Waals surface area contributed by atoms with Gasteiger partial charge in [-0.15, -0.1) is 0 Å². The number of rotatable bonds is 7. The van der Waals surface area contributed by atoms with Crippen LogP contribution >= 0.6 is 0 Å². The molecular weight excluding hydrogens is 417 g/mol. The summed E-state index contributed by atoms with van der Waals surface area (Å²) in [7, 11) is 0. The summed E-state index contributed by atoms with van der Waals surface area (Å²) in [6, 6.07) is 6.94. The van der Waals surface area contributed by atoms with Gasteiger partial charge in [-0.1, -0.05) is 31.6 Å². The molecule has 0 spiro atoms. The van der Waals surface area contributed by atoms with Crippen molar-refractivity contribution in [2.24, 2.45) is 5.41 Å². The Bertz CT molecular complexity index is 864. The quantitative estimate of drug-likeness (QED) is 0.525. The van der Waals surface area contributed by atoms with Crippen molar-refractivity contribution >= 4 is 11.7 Å². The molecule has 1 fully saturated rings. The fourth-order valence-corrected chi connectivity index (χ4v) is 4.61. The van der Waals surface area contributed by atoms with Gasteiger partial charge in [0.2, 0.25) is 0 Å². The first-order valence-electron chi connectivity index (χ1n) is 11.2. The lowest BCUT2D eigenvalue weighted by Gasteiger charge is -2.39. The maximum atomic E-state index is 12.9. The van der Waals surface area contributed by atoms with Gasteiger partial charge in [0.1, 0.15) is 0 Å².